The Morgan fingerprint density at radius 1 is 0.907 bits per heavy atom. The number of unbranched alkanes of at least 4 members (excludes halogenated alkanes) is 11. The van der Waals surface area contributed by atoms with Crippen LogP contribution in [0.4, 0.5) is 10.1 Å². The quantitative estimate of drug-likeness (QED) is 0.213. The fourth-order valence-corrected chi connectivity index (χ4v) is 5.91. The Labute approximate surface area is 271 Å². The van der Waals surface area contributed by atoms with Crippen molar-refractivity contribution in [2.24, 2.45) is 5.41 Å². The molecular formula is C37H54BrFN2O2. The van der Waals surface area contributed by atoms with Crippen LogP contribution in [0, 0.1) is 11.2 Å². The highest BCUT2D eigenvalue weighted by Crippen LogP contribution is 2.27. The molecule has 0 bridgehead atoms. The van der Waals surface area contributed by atoms with E-state index in [1.165, 1.54) is 81.4 Å². The lowest BCUT2D eigenvalue weighted by molar-refractivity contribution is -0.469. The summed E-state index contributed by atoms with van der Waals surface area (Å²) >= 11 is 0. The first-order valence-electron chi connectivity index (χ1n) is 16.3. The average Bonchev–Trinajstić information content (AvgIpc) is 2.95. The number of amides is 1. The van der Waals surface area contributed by atoms with E-state index in [4.69, 9.17) is 4.74 Å². The van der Waals surface area contributed by atoms with Gasteiger partial charge in [-0.15, -0.1) is 0 Å². The predicted molar refractivity (Wildman–Crippen MR) is 174 cm³/mol. The molecule has 1 heterocycles. The SMILES string of the molecule is CCCCCCCCCCCCCCOc1ccc(CN(C(C)=O)c2ccc(CC3(C)C=C(C)C=[NH+]C3)cc2)cc1F.[Br-]. The maximum atomic E-state index is 14.8. The zero-order valence-electron chi connectivity index (χ0n) is 27.0. The first-order valence-corrected chi connectivity index (χ1v) is 16.3. The van der Waals surface area contributed by atoms with E-state index in [-0.39, 0.29) is 39.9 Å². The lowest BCUT2D eigenvalue weighted by Crippen LogP contribution is -3.00. The fourth-order valence-electron chi connectivity index (χ4n) is 5.91. The number of nitrogens with zero attached hydrogens (tertiary/aromatic N) is 1. The first kappa shape index (κ1) is 36.7. The number of anilines is 1. The zero-order valence-corrected chi connectivity index (χ0v) is 28.6. The molecule has 1 aliphatic rings. The Bertz CT molecular complexity index is 1160. The molecular weight excluding hydrogens is 603 g/mol. The van der Waals surface area contributed by atoms with Crippen LogP contribution in [0.25, 0.3) is 0 Å². The number of nitrogens with one attached hydrogen (secondary N) is 1. The zero-order chi connectivity index (χ0) is 30.2. The number of benzene rings is 2. The summed E-state index contributed by atoms with van der Waals surface area (Å²) < 4.78 is 20.6. The fraction of sp³-hybridized carbons (Fsp3) is 0.568. The maximum Gasteiger partial charge on any atom is 0.224 e. The second kappa shape index (κ2) is 19.7. The van der Waals surface area contributed by atoms with Crippen LogP contribution in [0.1, 0.15) is 116 Å². The lowest BCUT2D eigenvalue weighted by atomic mass is 9.81. The summed E-state index contributed by atoms with van der Waals surface area (Å²) in [6.07, 6.45) is 20.7. The van der Waals surface area contributed by atoms with Crippen LogP contribution in [0.15, 0.2) is 54.1 Å². The van der Waals surface area contributed by atoms with Crippen molar-refractivity contribution < 1.29 is 35.9 Å². The summed E-state index contributed by atoms with van der Waals surface area (Å²) in [4.78, 5) is 17.6. The standard InChI is InChI=1S/C37H53FN2O2.BrH/c1-5-6-7-8-9-10-11-12-13-14-15-16-23-42-36-22-19-33(24-35(36)38)28-40(31(3)41)34-20-17-32(18-21-34)26-37(4)25-30(2)27-39-29-37;/h17-22,24-25,27H,5-16,23,26,28-29H2,1-4H3;1H. The van der Waals surface area contributed by atoms with Gasteiger partial charge in [0.1, 0.15) is 6.54 Å². The molecule has 2 aromatic rings. The number of carbonyl (C=O) groups is 1. The molecule has 0 radical (unpaired) electrons. The molecule has 6 heteroatoms. The van der Waals surface area contributed by atoms with Gasteiger partial charge in [-0.1, -0.05) is 102 Å². The number of hydrogen-bond donors (Lipinski definition) is 1. The van der Waals surface area contributed by atoms with Crippen molar-refractivity contribution in [3.8, 4) is 5.75 Å². The van der Waals surface area contributed by atoms with Gasteiger partial charge >= 0.3 is 0 Å². The average molecular weight is 658 g/mol. The molecule has 1 amide bonds. The Kier molecular flexibility index (Phi) is 16.9. The molecule has 1 aliphatic heterocycles. The van der Waals surface area contributed by atoms with Crippen molar-refractivity contribution in [2.45, 2.75) is 118 Å². The number of ether oxygens (including phenoxy) is 1. The van der Waals surface area contributed by atoms with Crippen molar-refractivity contribution in [2.75, 3.05) is 18.1 Å². The molecule has 1 unspecified atom stereocenters. The van der Waals surface area contributed by atoms with Gasteiger partial charge in [-0.05, 0) is 62.1 Å². The molecule has 4 nitrogen and oxygen atoms in total. The van der Waals surface area contributed by atoms with Crippen LogP contribution in [0.5, 0.6) is 5.75 Å². The summed E-state index contributed by atoms with van der Waals surface area (Å²) in [5.74, 6) is -0.165. The molecule has 0 aliphatic carbocycles. The highest BCUT2D eigenvalue weighted by atomic mass is 79.9. The molecule has 1 atom stereocenters. The number of allylic oxidation sites excluding steroid dienone is 1. The third kappa shape index (κ3) is 13.4. The van der Waals surface area contributed by atoms with Crippen molar-refractivity contribution in [1.82, 2.24) is 0 Å². The molecule has 0 aromatic heterocycles. The molecule has 43 heavy (non-hydrogen) atoms. The highest BCUT2D eigenvalue weighted by molar-refractivity contribution is 5.91. The van der Waals surface area contributed by atoms with E-state index in [2.05, 4.69) is 50.2 Å². The van der Waals surface area contributed by atoms with Crippen molar-refractivity contribution in [1.29, 1.82) is 0 Å². The van der Waals surface area contributed by atoms with Crippen molar-refractivity contribution in [3.63, 3.8) is 0 Å². The maximum absolute atomic E-state index is 14.8. The number of hydrogen-bond acceptors (Lipinski definition) is 2. The van der Waals surface area contributed by atoms with E-state index < -0.39 is 0 Å². The Balaban J connectivity index is 0.00000645. The molecule has 0 saturated carbocycles. The largest absolute Gasteiger partial charge is 1.00 e. The highest BCUT2D eigenvalue weighted by Gasteiger charge is 2.27. The third-order valence-electron chi connectivity index (χ3n) is 8.24. The van der Waals surface area contributed by atoms with Gasteiger partial charge in [-0.2, -0.15) is 0 Å². The van der Waals surface area contributed by atoms with Gasteiger partial charge in [-0.3, -0.25) is 4.79 Å². The molecule has 238 valence electrons. The van der Waals surface area contributed by atoms with Crippen LogP contribution < -0.4 is 31.6 Å². The van der Waals surface area contributed by atoms with Crippen LogP contribution in [-0.4, -0.2) is 25.3 Å². The minimum Gasteiger partial charge on any atom is -1.00 e. The monoisotopic (exact) mass is 656 g/mol. The van der Waals surface area contributed by atoms with E-state index in [9.17, 15) is 9.18 Å². The lowest BCUT2D eigenvalue weighted by Gasteiger charge is -2.25. The first-order chi connectivity index (χ1) is 20.3. The summed E-state index contributed by atoms with van der Waals surface area (Å²) in [6.45, 7) is 9.92. The van der Waals surface area contributed by atoms with Crippen molar-refractivity contribution in [3.05, 3.63) is 71.1 Å². The minimum atomic E-state index is -0.375. The van der Waals surface area contributed by atoms with Gasteiger partial charge in [0.15, 0.2) is 17.8 Å². The van der Waals surface area contributed by atoms with E-state index in [0.717, 1.165) is 37.1 Å². The van der Waals surface area contributed by atoms with Gasteiger partial charge in [-0.25, -0.2) is 9.38 Å². The predicted octanol–water partition coefficient (Wildman–Crippen LogP) is 5.12. The Hall–Kier alpha value is -2.47. The summed E-state index contributed by atoms with van der Waals surface area (Å²) in [6, 6.07) is 13.2. The summed E-state index contributed by atoms with van der Waals surface area (Å²) in [5, 5.41) is 0. The van der Waals surface area contributed by atoms with Gasteiger partial charge < -0.3 is 26.6 Å². The molecule has 0 fully saturated rings. The second-order valence-electron chi connectivity index (χ2n) is 12.5. The smallest absolute Gasteiger partial charge is 0.224 e. The van der Waals surface area contributed by atoms with Crippen LogP contribution >= 0.6 is 0 Å². The number of carbonyl (C=O) groups excluding carboxylic acids is 1. The van der Waals surface area contributed by atoms with E-state index in [1.807, 2.05) is 18.2 Å². The minimum absolute atomic E-state index is 0. The normalized spacial score (nSPS) is 16.0. The Morgan fingerprint density at radius 3 is 2.05 bits per heavy atom. The van der Waals surface area contributed by atoms with Crippen LogP contribution in [0.3, 0.4) is 0 Å². The Morgan fingerprint density at radius 2 is 1.49 bits per heavy atom. The van der Waals surface area contributed by atoms with E-state index in [1.54, 1.807) is 17.9 Å². The second-order valence-corrected chi connectivity index (χ2v) is 12.5. The molecule has 0 spiro atoms. The van der Waals surface area contributed by atoms with Gasteiger partial charge in [0.2, 0.25) is 5.91 Å². The van der Waals surface area contributed by atoms with Gasteiger partial charge in [0.05, 0.1) is 13.2 Å². The van der Waals surface area contributed by atoms with Gasteiger partial charge in [0, 0.05) is 23.6 Å². The molecule has 1 N–H and O–H groups in total. The van der Waals surface area contributed by atoms with Crippen molar-refractivity contribution >= 4 is 17.8 Å². The molecule has 2 aromatic carbocycles. The van der Waals surface area contributed by atoms with Gasteiger partial charge in [0.25, 0.3) is 0 Å². The topological polar surface area (TPSA) is 43.5 Å². The van der Waals surface area contributed by atoms with E-state index >= 15 is 0 Å². The number of halogens is 2. The number of rotatable bonds is 19. The summed E-state index contributed by atoms with van der Waals surface area (Å²) in [7, 11) is 0. The molecule has 0 saturated heterocycles. The van der Waals surface area contributed by atoms with E-state index in [0.29, 0.717) is 13.2 Å². The van der Waals surface area contributed by atoms with Crippen LogP contribution in [0.2, 0.25) is 0 Å². The van der Waals surface area contributed by atoms with Crippen LogP contribution in [-0.2, 0) is 17.8 Å². The summed E-state index contributed by atoms with van der Waals surface area (Å²) in [5.41, 5.74) is 4.07. The molecule has 3 rings (SSSR count). The third-order valence-corrected chi connectivity index (χ3v) is 8.24.